The molecule has 2 aromatic rings. The van der Waals surface area contributed by atoms with E-state index in [-0.39, 0.29) is 11.8 Å². The topological polar surface area (TPSA) is 69.7 Å². The van der Waals surface area contributed by atoms with Gasteiger partial charge in [0.2, 0.25) is 5.88 Å². The monoisotopic (exact) mass is 288 g/mol. The van der Waals surface area contributed by atoms with Gasteiger partial charge < -0.3 is 19.5 Å². The molecule has 110 valence electrons. The number of methoxy groups -OCH3 is 3. The zero-order valence-corrected chi connectivity index (χ0v) is 12.0. The molecule has 21 heavy (non-hydrogen) atoms. The van der Waals surface area contributed by atoms with Crippen LogP contribution < -0.4 is 19.5 Å². The highest BCUT2D eigenvalue weighted by Crippen LogP contribution is 2.26. The number of amides is 1. The molecule has 2 rings (SSSR count). The Morgan fingerprint density at radius 3 is 2.29 bits per heavy atom. The van der Waals surface area contributed by atoms with Gasteiger partial charge in [0.25, 0.3) is 5.91 Å². The Morgan fingerprint density at radius 1 is 1.05 bits per heavy atom. The zero-order chi connectivity index (χ0) is 15.2. The molecule has 0 spiro atoms. The molecule has 6 heteroatoms. The van der Waals surface area contributed by atoms with Crippen LogP contribution in [0.5, 0.6) is 17.4 Å². The minimum Gasteiger partial charge on any atom is -0.497 e. The molecule has 0 saturated heterocycles. The van der Waals surface area contributed by atoms with Crippen molar-refractivity contribution in [3.05, 3.63) is 42.1 Å². The Kier molecular flexibility index (Phi) is 4.61. The number of ether oxygens (including phenoxy) is 3. The first-order valence-corrected chi connectivity index (χ1v) is 6.21. The standard InChI is InChI=1S/C15H16N2O4/c1-19-11-7-10(8-12(9-11)20-2)17-14(18)13-5-4-6-16-15(13)21-3/h4-9H,1-3H3,(H,17,18). The van der Waals surface area contributed by atoms with Crippen LogP contribution in [0.4, 0.5) is 5.69 Å². The number of carbonyl (C=O) groups is 1. The highest BCUT2D eigenvalue weighted by molar-refractivity contribution is 6.06. The van der Waals surface area contributed by atoms with Gasteiger partial charge in [-0.3, -0.25) is 4.79 Å². The van der Waals surface area contributed by atoms with Gasteiger partial charge in [0, 0.05) is 30.1 Å². The highest BCUT2D eigenvalue weighted by atomic mass is 16.5. The normalized spacial score (nSPS) is 9.86. The lowest BCUT2D eigenvalue weighted by atomic mass is 10.2. The molecule has 0 radical (unpaired) electrons. The third kappa shape index (κ3) is 3.42. The van der Waals surface area contributed by atoms with Gasteiger partial charge in [-0.15, -0.1) is 0 Å². The number of hydrogen-bond acceptors (Lipinski definition) is 5. The molecule has 0 unspecified atom stereocenters. The van der Waals surface area contributed by atoms with E-state index in [9.17, 15) is 4.79 Å². The molecule has 1 heterocycles. The number of hydrogen-bond donors (Lipinski definition) is 1. The second kappa shape index (κ2) is 6.60. The minimum atomic E-state index is -0.324. The van der Waals surface area contributed by atoms with Crippen LogP contribution in [0.2, 0.25) is 0 Å². The van der Waals surface area contributed by atoms with Crippen molar-refractivity contribution < 1.29 is 19.0 Å². The molecule has 0 saturated carbocycles. The first-order chi connectivity index (χ1) is 10.2. The van der Waals surface area contributed by atoms with Crippen molar-refractivity contribution in [3.63, 3.8) is 0 Å². The quantitative estimate of drug-likeness (QED) is 0.914. The average Bonchev–Trinajstić information content (AvgIpc) is 2.54. The SMILES string of the molecule is COc1cc(NC(=O)c2cccnc2OC)cc(OC)c1. The number of aromatic nitrogens is 1. The summed E-state index contributed by atoms with van der Waals surface area (Å²) in [5.74, 6) is 1.12. The first kappa shape index (κ1) is 14.6. The molecule has 0 atom stereocenters. The van der Waals surface area contributed by atoms with Crippen molar-refractivity contribution in [1.29, 1.82) is 0 Å². The molecule has 0 fully saturated rings. The average molecular weight is 288 g/mol. The number of anilines is 1. The van der Waals surface area contributed by atoms with Crippen LogP contribution in [0.3, 0.4) is 0 Å². The molecule has 1 aromatic heterocycles. The van der Waals surface area contributed by atoms with E-state index in [1.54, 1.807) is 50.7 Å². The predicted molar refractivity (Wildman–Crippen MR) is 78.3 cm³/mol. The third-order valence-corrected chi connectivity index (χ3v) is 2.82. The van der Waals surface area contributed by atoms with Crippen molar-refractivity contribution in [1.82, 2.24) is 4.98 Å². The van der Waals surface area contributed by atoms with E-state index in [0.717, 1.165) is 0 Å². The van der Waals surface area contributed by atoms with Crippen LogP contribution >= 0.6 is 0 Å². The van der Waals surface area contributed by atoms with Crippen molar-refractivity contribution in [2.24, 2.45) is 0 Å². The largest absolute Gasteiger partial charge is 0.497 e. The Labute approximate surface area is 122 Å². The minimum absolute atomic E-state index is 0.268. The van der Waals surface area contributed by atoms with Gasteiger partial charge in [0.15, 0.2) is 0 Å². The molecule has 1 N–H and O–H groups in total. The van der Waals surface area contributed by atoms with E-state index in [1.165, 1.54) is 7.11 Å². The summed E-state index contributed by atoms with van der Waals surface area (Å²) in [5, 5.41) is 2.76. The summed E-state index contributed by atoms with van der Waals surface area (Å²) in [5.41, 5.74) is 0.906. The smallest absolute Gasteiger partial charge is 0.261 e. The Hall–Kier alpha value is -2.76. The van der Waals surface area contributed by atoms with Crippen LogP contribution in [0.25, 0.3) is 0 Å². The number of nitrogens with zero attached hydrogens (tertiary/aromatic N) is 1. The Morgan fingerprint density at radius 2 is 1.71 bits per heavy atom. The lowest BCUT2D eigenvalue weighted by Gasteiger charge is -2.11. The van der Waals surface area contributed by atoms with Crippen molar-refractivity contribution >= 4 is 11.6 Å². The van der Waals surface area contributed by atoms with Crippen molar-refractivity contribution in [3.8, 4) is 17.4 Å². The van der Waals surface area contributed by atoms with E-state index in [1.807, 2.05) is 0 Å². The highest BCUT2D eigenvalue weighted by Gasteiger charge is 2.13. The molecule has 1 amide bonds. The van der Waals surface area contributed by atoms with Crippen molar-refractivity contribution in [2.75, 3.05) is 26.6 Å². The Balaban J connectivity index is 2.27. The molecule has 1 aromatic carbocycles. The van der Waals surface area contributed by atoms with Crippen LogP contribution in [-0.4, -0.2) is 32.2 Å². The fourth-order valence-corrected chi connectivity index (χ4v) is 1.80. The summed E-state index contributed by atoms with van der Waals surface area (Å²) in [6, 6.07) is 8.43. The first-order valence-electron chi connectivity index (χ1n) is 6.21. The van der Waals surface area contributed by atoms with Gasteiger partial charge in [-0.05, 0) is 12.1 Å². The van der Waals surface area contributed by atoms with E-state index >= 15 is 0 Å². The van der Waals surface area contributed by atoms with Gasteiger partial charge >= 0.3 is 0 Å². The molecule has 6 nitrogen and oxygen atoms in total. The molecule has 0 aliphatic heterocycles. The molecule has 0 aliphatic carbocycles. The summed E-state index contributed by atoms with van der Waals surface area (Å²) in [6.45, 7) is 0. The van der Waals surface area contributed by atoms with Crippen LogP contribution in [0.1, 0.15) is 10.4 Å². The second-order valence-corrected chi connectivity index (χ2v) is 4.12. The summed E-state index contributed by atoms with van der Waals surface area (Å²) < 4.78 is 15.4. The number of carbonyl (C=O) groups excluding carboxylic acids is 1. The molecular formula is C15H16N2O4. The van der Waals surface area contributed by atoms with Gasteiger partial charge in [-0.1, -0.05) is 0 Å². The van der Waals surface area contributed by atoms with Gasteiger partial charge in [0.05, 0.1) is 21.3 Å². The van der Waals surface area contributed by atoms with Crippen molar-refractivity contribution in [2.45, 2.75) is 0 Å². The van der Waals surface area contributed by atoms with E-state index in [0.29, 0.717) is 22.7 Å². The molecule has 0 bridgehead atoms. The predicted octanol–water partition coefficient (Wildman–Crippen LogP) is 2.36. The number of pyridine rings is 1. The fourth-order valence-electron chi connectivity index (χ4n) is 1.80. The zero-order valence-electron chi connectivity index (χ0n) is 12.0. The molecule has 0 aliphatic rings. The third-order valence-electron chi connectivity index (χ3n) is 2.82. The number of nitrogens with one attached hydrogen (secondary N) is 1. The van der Waals surface area contributed by atoms with Gasteiger partial charge in [-0.2, -0.15) is 0 Å². The van der Waals surface area contributed by atoms with Gasteiger partial charge in [0.1, 0.15) is 17.1 Å². The number of rotatable bonds is 5. The van der Waals surface area contributed by atoms with Crippen LogP contribution in [-0.2, 0) is 0 Å². The van der Waals surface area contributed by atoms with E-state index in [4.69, 9.17) is 14.2 Å². The second-order valence-electron chi connectivity index (χ2n) is 4.12. The summed E-state index contributed by atoms with van der Waals surface area (Å²) in [6.07, 6.45) is 1.56. The lowest BCUT2D eigenvalue weighted by Crippen LogP contribution is -2.13. The summed E-state index contributed by atoms with van der Waals surface area (Å²) in [7, 11) is 4.56. The van der Waals surface area contributed by atoms with Gasteiger partial charge in [-0.25, -0.2) is 4.98 Å². The van der Waals surface area contributed by atoms with E-state index in [2.05, 4.69) is 10.3 Å². The lowest BCUT2D eigenvalue weighted by molar-refractivity contribution is 0.102. The Bertz CT molecular complexity index is 621. The van der Waals surface area contributed by atoms with E-state index < -0.39 is 0 Å². The fraction of sp³-hybridized carbons (Fsp3) is 0.200. The maximum Gasteiger partial charge on any atom is 0.261 e. The summed E-state index contributed by atoms with van der Waals surface area (Å²) >= 11 is 0. The molecular weight excluding hydrogens is 272 g/mol. The number of benzene rings is 1. The van der Waals surface area contributed by atoms with Crippen LogP contribution in [0, 0.1) is 0 Å². The van der Waals surface area contributed by atoms with Crippen LogP contribution in [0.15, 0.2) is 36.5 Å². The summed E-state index contributed by atoms with van der Waals surface area (Å²) in [4.78, 5) is 16.3. The maximum absolute atomic E-state index is 12.3. The maximum atomic E-state index is 12.3.